The average molecular weight is 227 g/mol. The van der Waals surface area contributed by atoms with E-state index in [1.165, 1.54) is 0 Å². The van der Waals surface area contributed by atoms with Gasteiger partial charge in [-0.05, 0) is 38.1 Å². The summed E-state index contributed by atoms with van der Waals surface area (Å²) in [5.74, 6) is 0. The van der Waals surface area contributed by atoms with Gasteiger partial charge < -0.3 is 5.32 Å². The fraction of sp³-hybridized carbons (Fsp3) is 0.455. The molecule has 1 saturated heterocycles. The average Bonchev–Trinajstić information content (AvgIpc) is 2.31. The van der Waals surface area contributed by atoms with E-state index in [1.807, 2.05) is 18.2 Å². The molecule has 15 heavy (non-hydrogen) atoms. The Bertz CT molecular complexity index is 310. The van der Waals surface area contributed by atoms with Crippen molar-refractivity contribution in [1.82, 2.24) is 5.32 Å². The number of benzene rings is 1. The SMILES string of the molecule is OS(O)(c1ccccc1)C1CCNCC1. The van der Waals surface area contributed by atoms with Gasteiger partial charge in [-0.2, -0.15) is 10.6 Å². The van der Waals surface area contributed by atoms with Gasteiger partial charge in [0.15, 0.2) is 0 Å². The fourth-order valence-electron chi connectivity index (χ4n) is 1.94. The van der Waals surface area contributed by atoms with E-state index in [0.717, 1.165) is 25.9 Å². The van der Waals surface area contributed by atoms with Gasteiger partial charge in [-0.1, -0.05) is 18.2 Å². The molecule has 0 radical (unpaired) electrons. The summed E-state index contributed by atoms with van der Waals surface area (Å²) in [7, 11) is -2.60. The molecule has 0 spiro atoms. The van der Waals surface area contributed by atoms with E-state index in [4.69, 9.17) is 0 Å². The quantitative estimate of drug-likeness (QED) is 0.727. The largest absolute Gasteiger partial charge is 0.317 e. The van der Waals surface area contributed by atoms with Gasteiger partial charge in [0.2, 0.25) is 0 Å². The number of hydrogen-bond donors (Lipinski definition) is 3. The smallest absolute Gasteiger partial charge is 0.0586 e. The zero-order chi connectivity index (χ0) is 10.7. The summed E-state index contributed by atoms with van der Waals surface area (Å²) >= 11 is 0. The van der Waals surface area contributed by atoms with Gasteiger partial charge in [-0.3, -0.25) is 9.11 Å². The van der Waals surface area contributed by atoms with Gasteiger partial charge in [0.25, 0.3) is 0 Å². The normalized spacial score (nSPS) is 20.1. The Hall–Kier alpha value is -0.550. The van der Waals surface area contributed by atoms with E-state index < -0.39 is 10.6 Å². The topological polar surface area (TPSA) is 52.5 Å². The second-order valence-electron chi connectivity index (χ2n) is 3.86. The lowest BCUT2D eigenvalue weighted by Crippen LogP contribution is -2.33. The number of rotatable bonds is 2. The molecule has 3 nitrogen and oxygen atoms in total. The molecule has 1 aliphatic heterocycles. The Morgan fingerprint density at radius 1 is 1.07 bits per heavy atom. The van der Waals surface area contributed by atoms with Crippen LogP contribution in [0.2, 0.25) is 0 Å². The van der Waals surface area contributed by atoms with Crippen LogP contribution >= 0.6 is 10.6 Å². The van der Waals surface area contributed by atoms with E-state index in [1.54, 1.807) is 12.1 Å². The van der Waals surface area contributed by atoms with Crippen LogP contribution in [0.5, 0.6) is 0 Å². The summed E-state index contributed by atoms with van der Waals surface area (Å²) < 4.78 is 20.4. The molecular formula is C11H17NO2S. The number of hydrogen-bond acceptors (Lipinski definition) is 3. The highest BCUT2D eigenvalue weighted by Crippen LogP contribution is 2.54. The molecule has 1 aliphatic rings. The third-order valence-corrected chi connectivity index (χ3v) is 5.21. The van der Waals surface area contributed by atoms with E-state index in [-0.39, 0.29) is 5.25 Å². The molecule has 0 atom stereocenters. The second-order valence-corrected chi connectivity index (χ2v) is 6.18. The molecule has 3 N–H and O–H groups in total. The van der Waals surface area contributed by atoms with Crippen LogP contribution in [-0.4, -0.2) is 27.4 Å². The van der Waals surface area contributed by atoms with Crippen molar-refractivity contribution < 1.29 is 9.11 Å². The molecule has 0 amide bonds. The Morgan fingerprint density at radius 2 is 1.67 bits per heavy atom. The van der Waals surface area contributed by atoms with Gasteiger partial charge in [0, 0.05) is 0 Å². The van der Waals surface area contributed by atoms with E-state index in [9.17, 15) is 9.11 Å². The summed E-state index contributed by atoms with van der Waals surface area (Å²) in [4.78, 5) is 0.678. The third kappa shape index (κ3) is 2.34. The van der Waals surface area contributed by atoms with Crippen LogP contribution in [0.15, 0.2) is 35.2 Å². The lowest BCUT2D eigenvalue weighted by atomic mass is 10.2. The summed E-state index contributed by atoms with van der Waals surface area (Å²) in [5, 5.41) is 3.24. The standard InChI is InChI=1S/C11H17NO2S/c13-15(14,10-4-2-1-3-5-10)11-6-8-12-9-7-11/h1-5,11-14H,6-9H2. The first-order valence-corrected chi connectivity index (χ1v) is 6.85. The van der Waals surface area contributed by atoms with Crippen molar-refractivity contribution in [1.29, 1.82) is 0 Å². The molecule has 2 rings (SSSR count). The Balaban J connectivity index is 2.18. The predicted octanol–water partition coefficient (Wildman–Crippen LogP) is 2.55. The molecular weight excluding hydrogens is 210 g/mol. The molecule has 0 saturated carbocycles. The van der Waals surface area contributed by atoms with Crippen molar-refractivity contribution in [2.24, 2.45) is 0 Å². The maximum Gasteiger partial charge on any atom is 0.0586 e. The van der Waals surface area contributed by atoms with Crippen molar-refractivity contribution >= 4 is 10.6 Å². The van der Waals surface area contributed by atoms with Crippen molar-refractivity contribution in [3.8, 4) is 0 Å². The summed E-state index contributed by atoms with van der Waals surface area (Å²) in [5.41, 5.74) is 0. The molecule has 4 heteroatoms. The molecule has 0 bridgehead atoms. The van der Waals surface area contributed by atoms with Crippen LogP contribution in [0.3, 0.4) is 0 Å². The molecule has 1 heterocycles. The Kier molecular flexibility index (Phi) is 3.31. The van der Waals surface area contributed by atoms with Crippen LogP contribution in [0.1, 0.15) is 12.8 Å². The lowest BCUT2D eigenvalue weighted by molar-refractivity contribution is 0.431. The first-order valence-electron chi connectivity index (χ1n) is 5.24. The minimum atomic E-state index is -2.60. The fourth-order valence-corrected chi connectivity index (χ4v) is 3.77. The highest BCUT2D eigenvalue weighted by molar-refractivity contribution is 8.24. The van der Waals surface area contributed by atoms with E-state index >= 15 is 0 Å². The van der Waals surface area contributed by atoms with Gasteiger partial charge in [0.05, 0.1) is 10.1 Å². The molecule has 1 aromatic carbocycles. The first kappa shape index (κ1) is 11.0. The van der Waals surface area contributed by atoms with E-state index in [0.29, 0.717) is 4.90 Å². The maximum absolute atomic E-state index is 10.2. The van der Waals surface area contributed by atoms with Crippen LogP contribution in [0.4, 0.5) is 0 Å². The van der Waals surface area contributed by atoms with Gasteiger partial charge in [-0.15, -0.1) is 0 Å². The number of nitrogens with one attached hydrogen (secondary N) is 1. The second kappa shape index (κ2) is 4.53. The Morgan fingerprint density at radius 3 is 2.27 bits per heavy atom. The molecule has 1 aromatic rings. The van der Waals surface area contributed by atoms with Crippen molar-refractivity contribution in [3.63, 3.8) is 0 Å². The van der Waals surface area contributed by atoms with Crippen LogP contribution in [0.25, 0.3) is 0 Å². The van der Waals surface area contributed by atoms with Crippen molar-refractivity contribution in [3.05, 3.63) is 30.3 Å². The molecule has 0 aliphatic carbocycles. The summed E-state index contributed by atoms with van der Waals surface area (Å²) in [6, 6.07) is 9.20. The van der Waals surface area contributed by atoms with Crippen LogP contribution < -0.4 is 5.32 Å². The van der Waals surface area contributed by atoms with E-state index in [2.05, 4.69) is 5.32 Å². The Labute approximate surface area is 91.9 Å². The monoisotopic (exact) mass is 227 g/mol. The lowest BCUT2D eigenvalue weighted by Gasteiger charge is -2.42. The first-order chi connectivity index (χ1) is 7.21. The van der Waals surface area contributed by atoms with Crippen molar-refractivity contribution in [2.45, 2.75) is 23.0 Å². The minimum Gasteiger partial charge on any atom is -0.317 e. The van der Waals surface area contributed by atoms with Crippen LogP contribution in [0, 0.1) is 0 Å². The minimum absolute atomic E-state index is 0.0150. The summed E-state index contributed by atoms with van der Waals surface area (Å²) in [6.45, 7) is 1.76. The van der Waals surface area contributed by atoms with Crippen LogP contribution in [-0.2, 0) is 0 Å². The maximum atomic E-state index is 10.2. The molecule has 0 aromatic heterocycles. The zero-order valence-electron chi connectivity index (χ0n) is 8.60. The third-order valence-electron chi connectivity index (χ3n) is 2.84. The molecule has 1 fully saturated rings. The molecule has 0 unspecified atom stereocenters. The van der Waals surface area contributed by atoms with Gasteiger partial charge in [-0.25, -0.2) is 0 Å². The molecule has 84 valence electrons. The number of piperidine rings is 1. The summed E-state index contributed by atoms with van der Waals surface area (Å²) in [6.07, 6.45) is 1.69. The van der Waals surface area contributed by atoms with Gasteiger partial charge in [0.1, 0.15) is 0 Å². The van der Waals surface area contributed by atoms with Crippen molar-refractivity contribution in [2.75, 3.05) is 13.1 Å². The zero-order valence-corrected chi connectivity index (χ0v) is 9.41. The highest BCUT2D eigenvalue weighted by Gasteiger charge is 2.28. The predicted molar refractivity (Wildman–Crippen MR) is 63.4 cm³/mol. The van der Waals surface area contributed by atoms with Gasteiger partial charge >= 0.3 is 0 Å². The highest BCUT2D eigenvalue weighted by atomic mass is 32.3.